The second-order valence-corrected chi connectivity index (χ2v) is 6.71. The number of amides is 1. The molecule has 1 spiro atoms. The maximum absolute atomic E-state index is 12.0. The van der Waals surface area contributed by atoms with Crippen molar-refractivity contribution in [2.45, 2.75) is 39.5 Å². The number of benzene rings is 1. The molecule has 1 aromatic carbocycles. The highest BCUT2D eigenvalue weighted by atomic mass is 16.2. The molecule has 0 bridgehead atoms. The van der Waals surface area contributed by atoms with Crippen LogP contribution in [0.25, 0.3) is 5.57 Å². The molecule has 1 aliphatic heterocycles. The molecule has 2 heteroatoms. The van der Waals surface area contributed by atoms with Crippen LogP contribution in [0.3, 0.4) is 0 Å². The summed E-state index contributed by atoms with van der Waals surface area (Å²) in [7, 11) is 0. The lowest BCUT2D eigenvalue weighted by Gasteiger charge is -2.09. The second kappa shape index (κ2) is 5.28. The van der Waals surface area contributed by atoms with Gasteiger partial charge in [-0.3, -0.25) is 4.79 Å². The Balaban J connectivity index is 1.82. The van der Waals surface area contributed by atoms with Gasteiger partial charge in [0.15, 0.2) is 0 Å². The van der Waals surface area contributed by atoms with Crippen LogP contribution in [0.15, 0.2) is 54.3 Å². The molecule has 1 amide bonds. The van der Waals surface area contributed by atoms with E-state index < -0.39 is 0 Å². The van der Waals surface area contributed by atoms with E-state index in [-0.39, 0.29) is 11.3 Å². The number of hydrogen-bond acceptors (Lipinski definition) is 1. The van der Waals surface area contributed by atoms with E-state index in [1.54, 1.807) is 0 Å². The van der Waals surface area contributed by atoms with Crippen LogP contribution < -0.4 is 5.32 Å². The average molecular weight is 293 g/mol. The quantitative estimate of drug-likeness (QED) is 0.810. The highest BCUT2D eigenvalue weighted by molar-refractivity contribution is 5.94. The van der Waals surface area contributed by atoms with Gasteiger partial charge in [-0.15, -0.1) is 0 Å². The van der Waals surface area contributed by atoms with Gasteiger partial charge in [-0.25, -0.2) is 0 Å². The minimum absolute atomic E-state index is 0.164. The largest absolute Gasteiger partial charge is 0.329 e. The Morgan fingerprint density at radius 1 is 1.36 bits per heavy atom. The van der Waals surface area contributed by atoms with Crippen LogP contribution in [0.4, 0.5) is 0 Å². The zero-order valence-corrected chi connectivity index (χ0v) is 13.6. The van der Waals surface area contributed by atoms with Gasteiger partial charge in [0.1, 0.15) is 0 Å². The van der Waals surface area contributed by atoms with Crippen LogP contribution in [-0.4, -0.2) is 5.91 Å². The zero-order valence-electron chi connectivity index (χ0n) is 13.6. The fourth-order valence-electron chi connectivity index (χ4n) is 3.12. The molecular formula is C20H23NO. The van der Waals surface area contributed by atoms with E-state index in [0.29, 0.717) is 5.92 Å². The van der Waals surface area contributed by atoms with E-state index in [9.17, 15) is 4.79 Å². The van der Waals surface area contributed by atoms with Crippen LogP contribution in [-0.2, 0) is 4.79 Å². The third-order valence-corrected chi connectivity index (χ3v) is 4.78. The molecule has 0 atom stereocenters. The standard InChI is InChI=1S/C20H23NO/c1-13(2)16-6-5-7-17(12-16)14(3)8-9-18-15(4)21-19(22)20(18)10-11-20/h5-9,12-13H,3,10-11H2,1-2,4H3,(H,21,22)/b9-8-. The maximum atomic E-state index is 12.0. The molecule has 0 aromatic heterocycles. The number of carbonyl (C=O) groups excluding carboxylic acids is 1. The van der Waals surface area contributed by atoms with Crippen LogP contribution >= 0.6 is 0 Å². The van der Waals surface area contributed by atoms with Crippen molar-refractivity contribution in [2.24, 2.45) is 5.41 Å². The topological polar surface area (TPSA) is 29.1 Å². The highest BCUT2D eigenvalue weighted by Crippen LogP contribution is 2.56. The number of hydrogen-bond donors (Lipinski definition) is 1. The monoisotopic (exact) mass is 293 g/mol. The molecule has 1 aliphatic carbocycles. The molecule has 0 saturated heterocycles. The van der Waals surface area contributed by atoms with E-state index in [1.807, 2.05) is 13.0 Å². The lowest BCUT2D eigenvalue weighted by atomic mass is 9.94. The minimum Gasteiger partial charge on any atom is -0.329 e. The summed E-state index contributed by atoms with van der Waals surface area (Å²) in [5, 5.41) is 2.97. The summed E-state index contributed by atoms with van der Waals surface area (Å²) in [5.41, 5.74) is 5.33. The van der Waals surface area contributed by atoms with Gasteiger partial charge in [0.25, 0.3) is 0 Å². The normalized spacial score (nSPS) is 19.4. The van der Waals surface area contributed by atoms with Gasteiger partial charge >= 0.3 is 0 Å². The zero-order chi connectivity index (χ0) is 15.9. The molecule has 1 fully saturated rings. The summed E-state index contributed by atoms with van der Waals surface area (Å²) in [6, 6.07) is 8.52. The molecule has 1 heterocycles. The van der Waals surface area contributed by atoms with Crippen molar-refractivity contribution in [3.8, 4) is 0 Å². The van der Waals surface area contributed by atoms with Crippen molar-refractivity contribution in [1.29, 1.82) is 0 Å². The molecule has 0 unspecified atom stereocenters. The predicted octanol–water partition coefficient (Wildman–Crippen LogP) is 4.56. The van der Waals surface area contributed by atoms with Gasteiger partial charge in [-0.2, -0.15) is 0 Å². The highest BCUT2D eigenvalue weighted by Gasteiger charge is 2.55. The van der Waals surface area contributed by atoms with Crippen LogP contribution in [0.2, 0.25) is 0 Å². The van der Waals surface area contributed by atoms with Crippen LogP contribution in [0.1, 0.15) is 50.7 Å². The van der Waals surface area contributed by atoms with Crippen LogP contribution in [0.5, 0.6) is 0 Å². The first-order chi connectivity index (χ1) is 10.4. The Hall–Kier alpha value is -2.09. The van der Waals surface area contributed by atoms with Gasteiger partial charge in [0.05, 0.1) is 5.41 Å². The third kappa shape index (κ3) is 2.43. The van der Waals surface area contributed by atoms with E-state index >= 15 is 0 Å². The van der Waals surface area contributed by atoms with E-state index in [1.165, 1.54) is 5.56 Å². The lowest BCUT2D eigenvalue weighted by Crippen LogP contribution is -2.22. The molecule has 1 saturated carbocycles. The molecule has 1 N–H and O–H groups in total. The van der Waals surface area contributed by atoms with Gasteiger partial charge in [-0.05, 0) is 48.0 Å². The maximum Gasteiger partial charge on any atom is 0.234 e. The minimum atomic E-state index is -0.235. The molecule has 0 radical (unpaired) electrons. The SMILES string of the molecule is C=C(/C=C\C1=C(C)NC(=O)C12CC2)c1cccc(C(C)C)c1. The Kier molecular flexibility index (Phi) is 3.56. The van der Waals surface area contributed by atoms with Gasteiger partial charge < -0.3 is 5.32 Å². The van der Waals surface area contributed by atoms with Gasteiger partial charge in [0, 0.05) is 5.70 Å². The number of carbonyl (C=O) groups is 1. The summed E-state index contributed by atoms with van der Waals surface area (Å²) in [6.45, 7) is 10.5. The van der Waals surface area contributed by atoms with Crippen molar-refractivity contribution < 1.29 is 4.79 Å². The number of rotatable bonds is 4. The summed E-state index contributed by atoms with van der Waals surface area (Å²) >= 11 is 0. The van der Waals surface area contributed by atoms with E-state index in [0.717, 1.165) is 35.2 Å². The van der Waals surface area contributed by atoms with Gasteiger partial charge in [-0.1, -0.05) is 56.8 Å². The smallest absolute Gasteiger partial charge is 0.234 e. The van der Waals surface area contributed by atoms with Crippen LogP contribution in [0, 0.1) is 5.41 Å². The molecular weight excluding hydrogens is 270 g/mol. The van der Waals surface area contributed by atoms with Crippen molar-refractivity contribution in [3.05, 3.63) is 65.4 Å². The molecule has 114 valence electrons. The summed E-state index contributed by atoms with van der Waals surface area (Å²) in [4.78, 5) is 12.0. The molecule has 1 aromatic rings. The number of nitrogens with one attached hydrogen (secondary N) is 1. The first-order valence-corrected chi connectivity index (χ1v) is 7.94. The molecule has 2 aliphatic rings. The third-order valence-electron chi connectivity index (χ3n) is 4.78. The van der Waals surface area contributed by atoms with Crippen molar-refractivity contribution in [3.63, 3.8) is 0 Å². The first kappa shape index (κ1) is 14.8. The van der Waals surface area contributed by atoms with E-state index in [2.05, 4.69) is 56.1 Å². The molecule has 22 heavy (non-hydrogen) atoms. The van der Waals surface area contributed by atoms with E-state index in [4.69, 9.17) is 0 Å². The Morgan fingerprint density at radius 2 is 2.09 bits per heavy atom. The summed E-state index contributed by atoms with van der Waals surface area (Å²) < 4.78 is 0. The first-order valence-electron chi connectivity index (χ1n) is 7.94. The molecule has 3 rings (SSSR count). The second-order valence-electron chi connectivity index (χ2n) is 6.71. The lowest BCUT2D eigenvalue weighted by molar-refractivity contribution is -0.123. The Bertz CT molecular complexity index is 702. The summed E-state index contributed by atoms with van der Waals surface area (Å²) in [5.74, 6) is 0.671. The van der Waals surface area contributed by atoms with Crippen molar-refractivity contribution in [2.75, 3.05) is 0 Å². The average Bonchev–Trinajstić information content (AvgIpc) is 3.24. The fraction of sp³-hybridized carbons (Fsp3) is 0.350. The fourth-order valence-corrected chi connectivity index (χ4v) is 3.12. The number of allylic oxidation sites excluding steroid dienone is 4. The van der Waals surface area contributed by atoms with Crippen molar-refractivity contribution >= 4 is 11.5 Å². The Labute approximate surface area is 132 Å². The summed E-state index contributed by atoms with van der Waals surface area (Å²) in [6.07, 6.45) is 6.04. The predicted molar refractivity (Wildman–Crippen MR) is 91.2 cm³/mol. The van der Waals surface area contributed by atoms with Crippen molar-refractivity contribution in [1.82, 2.24) is 5.32 Å². The molecule has 2 nitrogen and oxygen atoms in total. The van der Waals surface area contributed by atoms with Gasteiger partial charge in [0.2, 0.25) is 5.91 Å². The Morgan fingerprint density at radius 3 is 2.73 bits per heavy atom.